The summed E-state index contributed by atoms with van der Waals surface area (Å²) in [5.41, 5.74) is 4.96. The third-order valence-electron chi connectivity index (χ3n) is 4.29. The van der Waals surface area contributed by atoms with Crippen LogP contribution in [0.4, 0.5) is 4.79 Å². The van der Waals surface area contributed by atoms with Gasteiger partial charge in [0.1, 0.15) is 0 Å². The lowest BCUT2D eigenvalue weighted by Crippen LogP contribution is -2.28. The second-order valence-electron chi connectivity index (χ2n) is 5.96. The molecule has 5 heteroatoms. The van der Waals surface area contributed by atoms with E-state index < -0.39 is 0 Å². The van der Waals surface area contributed by atoms with Crippen LogP contribution in [0.3, 0.4) is 0 Å². The van der Waals surface area contributed by atoms with Gasteiger partial charge in [0.2, 0.25) is 0 Å². The molecule has 0 spiro atoms. The molecule has 1 aliphatic rings. The lowest BCUT2D eigenvalue weighted by molar-refractivity contribution is 0.120. The zero-order valence-corrected chi connectivity index (χ0v) is 14.5. The van der Waals surface area contributed by atoms with Crippen molar-refractivity contribution in [1.82, 2.24) is 14.7 Å². The fraction of sp³-hybridized carbons (Fsp3) is 0.143. The second-order valence-corrected chi connectivity index (χ2v) is 5.96. The molecule has 0 fully saturated rings. The van der Waals surface area contributed by atoms with Crippen molar-refractivity contribution in [1.29, 1.82) is 0 Å². The maximum atomic E-state index is 12.1. The lowest BCUT2D eigenvalue weighted by Gasteiger charge is -2.20. The molecule has 0 bridgehead atoms. The number of para-hydroxylation sites is 1. The van der Waals surface area contributed by atoms with Gasteiger partial charge in [-0.2, -0.15) is 5.10 Å². The summed E-state index contributed by atoms with van der Waals surface area (Å²) in [6.45, 7) is 2.54. The first-order valence-electron chi connectivity index (χ1n) is 8.62. The number of hydrogen-bond donors (Lipinski definition) is 0. The summed E-state index contributed by atoms with van der Waals surface area (Å²) in [5.74, 6) is 0. The first-order valence-corrected chi connectivity index (χ1v) is 8.62. The van der Waals surface area contributed by atoms with Gasteiger partial charge >= 0.3 is 6.09 Å². The van der Waals surface area contributed by atoms with Crippen molar-refractivity contribution in [3.05, 3.63) is 78.1 Å². The van der Waals surface area contributed by atoms with Gasteiger partial charge in [-0.15, -0.1) is 0 Å². The summed E-state index contributed by atoms with van der Waals surface area (Å²) in [4.78, 5) is 13.6. The molecule has 4 rings (SSSR count). The molecule has 5 nitrogen and oxygen atoms in total. The number of carbonyl (C=O) groups excluding carboxylic acids is 1. The number of rotatable bonds is 3. The van der Waals surface area contributed by atoms with Gasteiger partial charge in [0.15, 0.2) is 0 Å². The molecule has 0 saturated carbocycles. The molecule has 2 heterocycles. The van der Waals surface area contributed by atoms with E-state index in [1.807, 2.05) is 59.3 Å². The number of nitrogens with zero attached hydrogens (tertiary/aromatic N) is 3. The van der Waals surface area contributed by atoms with Crippen molar-refractivity contribution in [2.24, 2.45) is 0 Å². The summed E-state index contributed by atoms with van der Waals surface area (Å²) in [6, 6.07) is 20.2. The van der Waals surface area contributed by atoms with Crippen LogP contribution in [0.2, 0.25) is 0 Å². The molecule has 3 aromatic rings. The number of benzene rings is 2. The first-order chi connectivity index (χ1) is 12.8. The Morgan fingerprint density at radius 2 is 1.77 bits per heavy atom. The van der Waals surface area contributed by atoms with Crippen LogP contribution in [0.5, 0.6) is 0 Å². The number of aromatic nitrogens is 2. The average molecular weight is 345 g/mol. The van der Waals surface area contributed by atoms with Crippen LogP contribution in [0.25, 0.3) is 23.0 Å². The molecular weight excluding hydrogens is 326 g/mol. The largest absolute Gasteiger partial charge is 0.449 e. The van der Waals surface area contributed by atoms with Gasteiger partial charge in [-0.25, -0.2) is 9.48 Å². The molecule has 26 heavy (non-hydrogen) atoms. The van der Waals surface area contributed by atoms with E-state index in [4.69, 9.17) is 9.84 Å². The average Bonchev–Trinajstić information content (AvgIpc) is 3.08. The van der Waals surface area contributed by atoms with Gasteiger partial charge in [-0.05, 0) is 25.1 Å². The predicted molar refractivity (Wildman–Crippen MR) is 101 cm³/mol. The van der Waals surface area contributed by atoms with Crippen molar-refractivity contribution in [3.63, 3.8) is 0 Å². The van der Waals surface area contributed by atoms with E-state index in [2.05, 4.69) is 12.1 Å². The molecule has 0 atom stereocenters. The highest BCUT2D eigenvalue weighted by atomic mass is 16.6. The Morgan fingerprint density at radius 1 is 1.08 bits per heavy atom. The fourth-order valence-corrected chi connectivity index (χ4v) is 3.11. The Hall–Kier alpha value is -3.34. The molecule has 2 aromatic carbocycles. The monoisotopic (exact) mass is 345 g/mol. The molecular formula is C21H19N3O2. The van der Waals surface area contributed by atoms with Gasteiger partial charge in [0.25, 0.3) is 0 Å². The lowest BCUT2D eigenvalue weighted by atomic mass is 10.0. The zero-order chi connectivity index (χ0) is 17.9. The summed E-state index contributed by atoms with van der Waals surface area (Å²) >= 11 is 0. The molecule has 0 radical (unpaired) electrons. The van der Waals surface area contributed by atoms with E-state index in [-0.39, 0.29) is 6.09 Å². The summed E-state index contributed by atoms with van der Waals surface area (Å²) in [5, 5.41) is 4.81. The summed E-state index contributed by atoms with van der Waals surface area (Å²) in [7, 11) is 0. The van der Waals surface area contributed by atoms with Crippen molar-refractivity contribution < 1.29 is 9.53 Å². The Bertz CT molecular complexity index is 946. The third-order valence-corrected chi connectivity index (χ3v) is 4.29. The fourth-order valence-electron chi connectivity index (χ4n) is 3.11. The molecule has 1 aliphatic heterocycles. The molecule has 0 unspecified atom stereocenters. The molecule has 1 aromatic heterocycles. The summed E-state index contributed by atoms with van der Waals surface area (Å²) in [6.07, 6.45) is 3.35. The predicted octanol–water partition coefficient (Wildman–Crippen LogP) is 4.48. The van der Waals surface area contributed by atoms with Gasteiger partial charge in [-0.1, -0.05) is 48.5 Å². The molecule has 0 saturated heterocycles. The minimum absolute atomic E-state index is 0.351. The molecule has 1 amide bonds. The normalized spacial score (nSPS) is 12.7. The maximum absolute atomic E-state index is 12.1. The minimum atomic E-state index is -0.357. The van der Waals surface area contributed by atoms with Crippen LogP contribution in [0.1, 0.15) is 18.2 Å². The highest BCUT2D eigenvalue weighted by molar-refractivity contribution is 5.79. The minimum Gasteiger partial charge on any atom is -0.449 e. The first kappa shape index (κ1) is 16.1. The number of carbonyl (C=O) groups is 1. The van der Waals surface area contributed by atoms with Crippen LogP contribution in [-0.4, -0.2) is 27.4 Å². The van der Waals surface area contributed by atoms with E-state index >= 15 is 0 Å². The van der Waals surface area contributed by atoms with Gasteiger partial charge in [0, 0.05) is 17.3 Å². The number of hydrogen-bond acceptors (Lipinski definition) is 3. The SMILES string of the molecule is CCOC(=O)N1C=Cc2c(nn(-c3ccccc3)c2-c2ccccc2)C1. The van der Waals surface area contributed by atoms with E-state index in [9.17, 15) is 4.79 Å². The van der Waals surface area contributed by atoms with Crippen LogP contribution in [-0.2, 0) is 11.3 Å². The molecule has 0 N–H and O–H groups in total. The van der Waals surface area contributed by atoms with Crippen molar-refractivity contribution >= 4 is 12.2 Å². The summed E-state index contributed by atoms with van der Waals surface area (Å²) < 4.78 is 7.05. The molecule has 130 valence electrons. The van der Waals surface area contributed by atoms with Crippen LogP contribution in [0, 0.1) is 0 Å². The smallest absolute Gasteiger partial charge is 0.414 e. The van der Waals surface area contributed by atoms with Crippen LogP contribution in [0.15, 0.2) is 66.9 Å². The Kier molecular flexibility index (Phi) is 4.27. The number of fused-ring (bicyclic) bond motifs is 1. The van der Waals surface area contributed by atoms with E-state index in [1.54, 1.807) is 18.0 Å². The van der Waals surface area contributed by atoms with E-state index in [0.717, 1.165) is 28.2 Å². The van der Waals surface area contributed by atoms with Crippen molar-refractivity contribution in [3.8, 4) is 16.9 Å². The van der Waals surface area contributed by atoms with Gasteiger partial charge < -0.3 is 4.74 Å². The van der Waals surface area contributed by atoms with Gasteiger partial charge in [0.05, 0.1) is 30.2 Å². The highest BCUT2D eigenvalue weighted by Crippen LogP contribution is 2.33. The maximum Gasteiger partial charge on any atom is 0.414 e. The topological polar surface area (TPSA) is 47.4 Å². The standard InChI is InChI=1S/C21H19N3O2/c1-2-26-21(25)23-14-13-18-19(15-23)22-24(17-11-7-4-8-12-17)20(18)16-9-5-3-6-10-16/h3-14H,2,15H2,1H3. The second kappa shape index (κ2) is 6.88. The van der Waals surface area contributed by atoms with Crippen LogP contribution < -0.4 is 0 Å². The Labute approximate surface area is 152 Å². The van der Waals surface area contributed by atoms with Gasteiger partial charge in [-0.3, -0.25) is 4.90 Å². The van der Waals surface area contributed by atoms with Crippen molar-refractivity contribution in [2.45, 2.75) is 13.5 Å². The number of ether oxygens (including phenoxy) is 1. The highest BCUT2D eigenvalue weighted by Gasteiger charge is 2.25. The van der Waals surface area contributed by atoms with Crippen LogP contribution >= 0.6 is 0 Å². The Balaban J connectivity index is 1.83. The van der Waals surface area contributed by atoms with Crippen molar-refractivity contribution in [2.75, 3.05) is 6.61 Å². The molecule has 0 aliphatic carbocycles. The number of amides is 1. The quantitative estimate of drug-likeness (QED) is 0.703. The van der Waals surface area contributed by atoms with E-state index in [0.29, 0.717) is 13.2 Å². The Morgan fingerprint density at radius 3 is 2.46 bits per heavy atom. The third kappa shape index (κ3) is 2.88. The zero-order valence-electron chi connectivity index (χ0n) is 14.5. The van der Waals surface area contributed by atoms with E-state index in [1.165, 1.54) is 0 Å².